The van der Waals surface area contributed by atoms with E-state index in [-0.39, 0.29) is 0 Å². The Balaban J connectivity index is 1.35. The second-order valence-corrected chi connectivity index (χ2v) is 6.41. The number of aromatic nitrogens is 3. The first-order valence-electron chi connectivity index (χ1n) is 7.41. The number of hydrogen-bond acceptors (Lipinski definition) is 6. The predicted molar refractivity (Wildman–Crippen MR) is 85.0 cm³/mol. The van der Waals surface area contributed by atoms with Crippen LogP contribution in [0, 0.1) is 0 Å². The van der Waals surface area contributed by atoms with E-state index < -0.39 is 0 Å². The number of hydrogen-bond donors (Lipinski definition) is 1. The zero-order valence-electron chi connectivity index (χ0n) is 12.0. The molecule has 1 saturated carbocycles. The zero-order chi connectivity index (χ0) is 14.8. The molecule has 0 amide bonds. The van der Waals surface area contributed by atoms with Crippen LogP contribution >= 0.6 is 11.3 Å². The standard InChI is InChI=1S/C16H16N4OS/c1-2-4-11(5-3-1)8-14-18-13(10-22-14)9-17-16-20-19-15(21-16)12-6-7-12/h1-5,10,12H,6-9H2,(H,17,20). The number of thiazole rings is 1. The molecular weight excluding hydrogens is 296 g/mol. The van der Waals surface area contributed by atoms with Gasteiger partial charge in [0.15, 0.2) is 0 Å². The minimum Gasteiger partial charge on any atom is -0.408 e. The summed E-state index contributed by atoms with van der Waals surface area (Å²) in [5.74, 6) is 1.24. The molecule has 5 nitrogen and oxygen atoms in total. The van der Waals surface area contributed by atoms with Crippen LogP contribution < -0.4 is 5.32 Å². The van der Waals surface area contributed by atoms with E-state index in [1.807, 2.05) is 6.07 Å². The molecule has 2 heterocycles. The second kappa shape index (κ2) is 5.88. The van der Waals surface area contributed by atoms with E-state index in [0.29, 0.717) is 18.5 Å². The van der Waals surface area contributed by atoms with Gasteiger partial charge >= 0.3 is 6.01 Å². The Morgan fingerprint density at radius 2 is 2.05 bits per heavy atom. The molecule has 112 valence electrons. The molecule has 1 aliphatic carbocycles. The highest BCUT2D eigenvalue weighted by Crippen LogP contribution is 2.39. The van der Waals surface area contributed by atoms with Crippen molar-refractivity contribution < 1.29 is 4.42 Å². The molecule has 1 aromatic carbocycles. The van der Waals surface area contributed by atoms with E-state index in [0.717, 1.165) is 35.9 Å². The van der Waals surface area contributed by atoms with E-state index in [1.54, 1.807) is 11.3 Å². The van der Waals surface area contributed by atoms with Crippen molar-refractivity contribution in [2.75, 3.05) is 5.32 Å². The van der Waals surface area contributed by atoms with Gasteiger partial charge in [-0.2, -0.15) is 0 Å². The summed E-state index contributed by atoms with van der Waals surface area (Å²) in [7, 11) is 0. The van der Waals surface area contributed by atoms with Crippen molar-refractivity contribution in [3.05, 3.63) is 57.9 Å². The highest BCUT2D eigenvalue weighted by molar-refractivity contribution is 7.09. The lowest BCUT2D eigenvalue weighted by atomic mass is 10.2. The smallest absolute Gasteiger partial charge is 0.315 e. The van der Waals surface area contributed by atoms with Crippen LogP contribution in [0.4, 0.5) is 6.01 Å². The van der Waals surface area contributed by atoms with Gasteiger partial charge in [-0.05, 0) is 18.4 Å². The van der Waals surface area contributed by atoms with Crippen LogP contribution in [-0.2, 0) is 13.0 Å². The molecule has 0 radical (unpaired) electrons. The topological polar surface area (TPSA) is 63.8 Å². The molecule has 0 bridgehead atoms. The molecule has 6 heteroatoms. The van der Waals surface area contributed by atoms with Gasteiger partial charge in [0.1, 0.15) is 0 Å². The third kappa shape index (κ3) is 3.17. The van der Waals surface area contributed by atoms with Crippen molar-refractivity contribution in [2.24, 2.45) is 0 Å². The first-order valence-corrected chi connectivity index (χ1v) is 8.29. The van der Waals surface area contributed by atoms with E-state index >= 15 is 0 Å². The average Bonchev–Trinajstić information content (AvgIpc) is 3.12. The summed E-state index contributed by atoms with van der Waals surface area (Å²) >= 11 is 1.68. The molecule has 2 aromatic heterocycles. The third-order valence-electron chi connectivity index (χ3n) is 3.59. The zero-order valence-corrected chi connectivity index (χ0v) is 12.8. The lowest BCUT2D eigenvalue weighted by Crippen LogP contribution is -2.00. The Hall–Kier alpha value is -2.21. The lowest BCUT2D eigenvalue weighted by molar-refractivity contribution is 0.507. The van der Waals surface area contributed by atoms with Gasteiger partial charge < -0.3 is 9.73 Å². The molecule has 0 aliphatic heterocycles. The largest absolute Gasteiger partial charge is 0.408 e. The molecule has 1 N–H and O–H groups in total. The molecule has 22 heavy (non-hydrogen) atoms. The Labute approximate surface area is 132 Å². The maximum absolute atomic E-state index is 5.57. The Bertz CT molecular complexity index is 748. The highest BCUT2D eigenvalue weighted by Gasteiger charge is 2.29. The summed E-state index contributed by atoms with van der Waals surface area (Å²) in [6, 6.07) is 10.9. The van der Waals surface area contributed by atoms with Gasteiger partial charge in [-0.3, -0.25) is 0 Å². The molecular formula is C16H16N4OS. The van der Waals surface area contributed by atoms with Crippen LogP contribution in [0.3, 0.4) is 0 Å². The van der Waals surface area contributed by atoms with Gasteiger partial charge in [-0.15, -0.1) is 16.4 Å². The summed E-state index contributed by atoms with van der Waals surface area (Å²) in [6.07, 6.45) is 3.20. The van der Waals surface area contributed by atoms with Crippen LogP contribution in [0.2, 0.25) is 0 Å². The lowest BCUT2D eigenvalue weighted by Gasteiger charge is -1.98. The third-order valence-corrected chi connectivity index (χ3v) is 4.48. The first-order chi connectivity index (χ1) is 10.9. The second-order valence-electron chi connectivity index (χ2n) is 5.47. The fourth-order valence-electron chi connectivity index (χ4n) is 2.25. The van der Waals surface area contributed by atoms with Gasteiger partial charge in [0.05, 0.1) is 17.2 Å². The molecule has 4 rings (SSSR count). The van der Waals surface area contributed by atoms with Crippen LogP contribution in [0.25, 0.3) is 0 Å². The minimum atomic E-state index is 0.486. The molecule has 0 spiro atoms. The molecule has 3 aromatic rings. The van der Waals surface area contributed by atoms with Crippen molar-refractivity contribution in [2.45, 2.75) is 31.7 Å². The first kappa shape index (κ1) is 13.5. The quantitative estimate of drug-likeness (QED) is 0.753. The number of anilines is 1. The Morgan fingerprint density at radius 1 is 1.18 bits per heavy atom. The molecule has 1 fully saturated rings. The van der Waals surface area contributed by atoms with Crippen molar-refractivity contribution in [3.8, 4) is 0 Å². The number of benzene rings is 1. The fraction of sp³-hybridized carbons (Fsp3) is 0.312. The highest BCUT2D eigenvalue weighted by atomic mass is 32.1. The van der Waals surface area contributed by atoms with E-state index in [4.69, 9.17) is 4.42 Å². The Morgan fingerprint density at radius 3 is 2.86 bits per heavy atom. The molecule has 1 aliphatic rings. The summed E-state index contributed by atoms with van der Waals surface area (Å²) in [6.45, 7) is 0.609. The maximum atomic E-state index is 5.57. The van der Waals surface area contributed by atoms with E-state index in [1.165, 1.54) is 5.56 Å². The van der Waals surface area contributed by atoms with Crippen LogP contribution in [0.1, 0.15) is 40.9 Å². The van der Waals surface area contributed by atoms with E-state index in [9.17, 15) is 0 Å². The monoisotopic (exact) mass is 312 g/mol. The van der Waals surface area contributed by atoms with Gasteiger partial charge in [0.2, 0.25) is 5.89 Å². The number of nitrogens with one attached hydrogen (secondary N) is 1. The van der Waals surface area contributed by atoms with Crippen molar-refractivity contribution in [3.63, 3.8) is 0 Å². The van der Waals surface area contributed by atoms with Crippen molar-refractivity contribution in [1.29, 1.82) is 0 Å². The van der Waals surface area contributed by atoms with Gasteiger partial charge in [0.25, 0.3) is 0 Å². The normalized spacial score (nSPS) is 14.2. The summed E-state index contributed by atoms with van der Waals surface area (Å²) in [5, 5.41) is 14.4. The SMILES string of the molecule is c1ccc(Cc2nc(CNc3nnc(C4CC4)o3)cs2)cc1. The molecule has 0 saturated heterocycles. The average molecular weight is 312 g/mol. The predicted octanol–water partition coefficient (Wildman–Crippen LogP) is 3.61. The van der Waals surface area contributed by atoms with E-state index in [2.05, 4.69) is 50.1 Å². The summed E-state index contributed by atoms with van der Waals surface area (Å²) in [5.41, 5.74) is 2.28. The minimum absolute atomic E-state index is 0.486. The molecule has 0 atom stereocenters. The van der Waals surface area contributed by atoms with Gasteiger partial charge in [0, 0.05) is 17.7 Å². The fourth-order valence-corrected chi connectivity index (χ4v) is 3.08. The maximum Gasteiger partial charge on any atom is 0.315 e. The van der Waals surface area contributed by atoms with Crippen LogP contribution in [0.5, 0.6) is 0 Å². The summed E-state index contributed by atoms with van der Waals surface area (Å²) in [4.78, 5) is 4.64. The van der Waals surface area contributed by atoms with Gasteiger partial charge in [-0.1, -0.05) is 35.4 Å². The number of nitrogens with zero attached hydrogens (tertiary/aromatic N) is 3. The van der Waals surface area contributed by atoms with Crippen LogP contribution in [0.15, 0.2) is 40.1 Å². The van der Waals surface area contributed by atoms with Gasteiger partial charge in [-0.25, -0.2) is 4.98 Å². The van der Waals surface area contributed by atoms with Crippen LogP contribution in [-0.4, -0.2) is 15.2 Å². The molecule has 0 unspecified atom stereocenters. The number of rotatable bonds is 6. The Kier molecular flexibility index (Phi) is 3.60. The van der Waals surface area contributed by atoms with Crippen molar-refractivity contribution in [1.82, 2.24) is 15.2 Å². The van der Waals surface area contributed by atoms with Crippen molar-refractivity contribution >= 4 is 17.4 Å². The summed E-state index contributed by atoms with van der Waals surface area (Å²) < 4.78 is 5.57.